The van der Waals surface area contributed by atoms with Crippen LogP contribution in [0.3, 0.4) is 0 Å². The van der Waals surface area contributed by atoms with Crippen LogP contribution in [0, 0.1) is 0 Å². The summed E-state index contributed by atoms with van der Waals surface area (Å²) in [5, 5.41) is 13.3. The minimum atomic E-state index is -0.510. The fourth-order valence-corrected chi connectivity index (χ4v) is 4.17. The van der Waals surface area contributed by atoms with E-state index in [1.54, 1.807) is 0 Å². The van der Waals surface area contributed by atoms with Gasteiger partial charge in [-0.1, -0.05) is 30.3 Å². The number of anilines is 1. The number of aliphatic hydroxyl groups excluding tert-OH is 1. The van der Waals surface area contributed by atoms with Crippen molar-refractivity contribution in [3.63, 3.8) is 0 Å². The minimum absolute atomic E-state index is 0.0626. The highest BCUT2D eigenvalue weighted by molar-refractivity contribution is 5.93. The molecule has 5 nitrogen and oxygen atoms in total. The maximum absolute atomic E-state index is 11.4. The van der Waals surface area contributed by atoms with E-state index in [-0.39, 0.29) is 12.5 Å². The summed E-state index contributed by atoms with van der Waals surface area (Å²) in [6, 6.07) is 16.4. The number of aliphatic hydroxyl groups is 1. The van der Waals surface area contributed by atoms with Gasteiger partial charge in [-0.05, 0) is 67.6 Å². The topological polar surface area (TPSA) is 61.8 Å². The molecule has 5 heteroatoms. The monoisotopic (exact) mass is 380 g/mol. The Hall–Kier alpha value is -2.37. The van der Waals surface area contributed by atoms with Crippen LogP contribution < -0.4 is 10.1 Å². The van der Waals surface area contributed by atoms with E-state index in [1.807, 2.05) is 18.2 Å². The normalized spacial score (nSPS) is 19.0. The number of rotatable bonds is 6. The van der Waals surface area contributed by atoms with Crippen LogP contribution in [-0.4, -0.2) is 48.3 Å². The molecule has 1 unspecified atom stereocenters. The number of carbonyl (C=O) groups excluding carboxylic acids is 1. The fraction of sp³-hybridized carbons (Fsp3) is 0.435. The molecule has 2 aromatic carbocycles. The van der Waals surface area contributed by atoms with Crippen molar-refractivity contribution in [2.75, 3.05) is 31.6 Å². The molecule has 2 aromatic rings. The lowest BCUT2D eigenvalue weighted by molar-refractivity contribution is -0.116. The lowest BCUT2D eigenvalue weighted by Gasteiger charge is -2.33. The maximum Gasteiger partial charge on any atom is 0.224 e. The number of aryl methyl sites for hydroxylation is 1. The van der Waals surface area contributed by atoms with E-state index in [2.05, 4.69) is 40.5 Å². The number of carbonyl (C=O) groups is 1. The Morgan fingerprint density at radius 3 is 2.68 bits per heavy atom. The molecule has 2 N–H and O–H groups in total. The van der Waals surface area contributed by atoms with Gasteiger partial charge in [0, 0.05) is 18.7 Å². The first-order valence-corrected chi connectivity index (χ1v) is 10.2. The Bertz CT molecular complexity index is 801. The zero-order chi connectivity index (χ0) is 19.3. The lowest BCUT2D eigenvalue weighted by Crippen LogP contribution is -2.40. The van der Waals surface area contributed by atoms with Crippen molar-refractivity contribution in [1.82, 2.24) is 4.90 Å². The number of benzene rings is 2. The van der Waals surface area contributed by atoms with Crippen molar-refractivity contribution in [3.05, 3.63) is 59.7 Å². The molecule has 28 heavy (non-hydrogen) atoms. The number of piperidine rings is 1. The molecule has 1 amide bonds. The summed E-state index contributed by atoms with van der Waals surface area (Å²) in [5.41, 5.74) is 3.38. The quantitative estimate of drug-likeness (QED) is 0.808. The van der Waals surface area contributed by atoms with E-state index < -0.39 is 6.10 Å². The second-order valence-corrected chi connectivity index (χ2v) is 7.82. The van der Waals surface area contributed by atoms with Crippen molar-refractivity contribution in [1.29, 1.82) is 0 Å². The Morgan fingerprint density at radius 1 is 1.11 bits per heavy atom. The first-order valence-electron chi connectivity index (χ1n) is 10.2. The molecule has 2 aliphatic rings. The number of hydrogen-bond donors (Lipinski definition) is 2. The average Bonchev–Trinajstić information content (AvgIpc) is 2.73. The summed E-state index contributed by atoms with van der Waals surface area (Å²) in [6.45, 7) is 2.94. The van der Waals surface area contributed by atoms with E-state index in [4.69, 9.17) is 4.74 Å². The number of fused-ring (bicyclic) bond motifs is 1. The van der Waals surface area contributed by atoms with Gasteiger partial charge >= 0.3 is 0 Å². The smallest absolute Gasteiger partial charge is 0.224 e. The first-order chi connectivity index (χ1) is 13.7. The van der Waals surface area contributed by atoms with Crippen LogP contribution >= 0.6 is 0 Å². The van der Waals surface area contributed by atoms with Gasteiger partial charge in [0.05, 0.1) is 0 Å². The number of nitrogens with zero attached hydrogens (tertiary/aromatic N) is 1. The molecule has 148 valence electrons. The summed E-state index contributed by atoms with van der Waals surface area (Å²) >= 11 is 0. The van der Waals surface area contributed by atoms with Crippen LogP contribution in [0.25, 0.3) is 0 Å². The molecule has 2 aliphatic heterocycles. The van der Waals surface area contributed by atoms with E-state index >= 15 is 0 Å². The van der Waals surface area contributed by atoms with Crippen molar-refractivity contribution >= 4 is 11.6 Å². The molecule has 1 saturated heterocycles. The highest BCUT2D eigenvalue weighted by atomic mass is 16.5. The van der Waals surface area contributed by atoms with Crippen molar-refractivity contribution in [2.45, 2.75) is 37.7 Å². The van der Waals surface area contributed by atoms with Gasteiger partial charge in [-0.3, -0.25) is 4.79 Å². The van der Waals surface area contributed by atoms with Gasteiger partial charge in [0.2, 0.25) is 5.91 Å². The van der Waals surface area contributed by atoms with E-state index in [1.165, 1.54) is 5.56 Å². The fourth-order valence-electron chi connectivity index (χ4n) is 4.17. The molecule has 0 aromatic heterocycles. The zero-order valence-electron chi connectivity index (χ0n) is 16.1. The molecular weight excluding hydrogens is 352 g/mol. The Balaban J connectivity index is 1.22. The second-order valence-electron chi connectivity index (χ2n) is 7.82. The van der Waals surface area contributed by atoms with Crippen LogP contribution in [0.1, 0.15) is 36.3 Å². The Labute approximate surface area is 166 Å². The third kappa shape index (κ3) is 4.72. The minimum Gasteiger partial charge on any atom is -0.491 e. The summed E-state index contributed by atoms with van der Waals surface area (Å²) in [4.78, 5) is 13.8. The van der Waals surface area contributed by atoms with Gasteiger partial charge in [0.1, 0.15) is 18.5 Å². The average molecular weight is 380 g/mol. The molecule has 0 aliphatic carbocycles. The molecule has 1 fully saturated rings. The second kappa shape index (κ2) is 8.76. The van der Waals surface area contributed by atoms with Crippen molar-refractivity contribution in [3.8, 4) is 5.75 Å². The van der Waals surface area contributed by atoms with E-state index in [0.29, 0.717) is 18.9 Å². The Morgan fingerprint density at radius 2 is 1.89 bits per heavy atom. The summed E-state index contributed by atoms with van der Waals surface area (Å²) in [6.07, 6.45) is 3.00. The SMILES string of the molecule is O=C1CCc2cc(OCC(O)CN3CCC(c4ccccc4)CC3)ccc2N1. The number of hydrogen-bond acceptors (Lipinski definition) is 4. The lowest BCUT2D eigenvalue weighted by atomic mass is 9.89. The van der Waals surface area contributed by atoms with Crippen LogP contribution in [0.4, 0.5) is 5.69 Å². The molecule has 0 saturated carbocycles. The largest absolute Gasteiger partial charge is 0.491 e. The van der Waals surface area contributed by atoms with E-state index in [0.717, 1.165) is 49.4 Å². The van der Waals surface area contributed by atoms with Gasteiger partial charge in [-0.25, -0.2) is 0 Å². The molecular formula is C23H28N2O3. The molecule has 1 atom stereocenters. The van der Waals surface area contributed by atoms with Crippen LogP contribution in [0.15, 0.2) is 48.5 Å². The summed E-state index contributed by atoms with van der Waals surface area (Å²) < 4.78 is 5.80. The van der Waals surface area contributed by atoms with E-state index in [9.17, 15) is 9.90 Å². The van der Waals surface area contributed by atoms with Crippen LogP contribution in [0.5, 0.6) is 5.75 Å². The highest BCUT2D eigenvalue weighted by Gasteiger charge is 2.22. The maximum atomic E-state index is 11.4. The molecule has 0 radical (unpaired) electrons. The number of likely N-dealkylation sites (tertiary alicyclic amines) is 1. The van der Waals surface area contributed by atoms with Crippen LogP contribution in [-0.2, 0) is 11.2 Å². The number of nitrogens with one attached hydrogen (secondary N) is 1. The first kappa shape index (κ1) is 19.0. The predicted molar refractivity (Wildman–Crippen MR) is 110 cm³/mol. The standard InChI is InChI=1S/C23H28N2O3/c26-20(15-25-12-10-18(11-13-25)17-4-2-1-3-5-17)16-28-21-7-8-22-19(14-21)6-9-23(27)24-22/h1-5,7-8,14,18,20,26H,6,9-13,15-16H2,(H,24,27). The van der Waals surface area contributed by atoms with Gasteiger partial charge in [0.25, 0.3) is 0 Å². The third-order valence-corrected chi connectivity index (χ3v) is 5.74. The van der Waals surface area contributed by atoms with Crippen molar-refractivity contribution < 1.29 is 14.6 Å². The molecule has 4 rings (SSSR count). The molecule has 0 spiro atoms. The number of amides is 1. The van der Waals surface area contributed by atoms with Gasteiger partial charge < -0.3 is 20.1 Å². The number of β-amino-alcohol motifs (C(OH)–C–C–N with tert-alkyl or cyclic N) is 1. The molecule has 0 bridgehead atoms. The van der Waals surface area contributed by atoms with Crippen molar-refractivity contribution in [2.24, 2.45) is 0 Å². The number of ether oxygens (including phenoxy) is 1. The predicted octanol–water partition coefficient (Wildman–Crippen LogP) is 3.19. The Kier molecular flexibility index (Phi) is 5.93. The van der Waals surface area contributed by atoms with Crippen LogP contribution in [0.2, 0.25) is 0 Å². The summed E-state index contributed by atoms with van der Waals surface area (Å²) in [5.74, 6) is 1.44. The summed E-state index contributed by atoms with van der Waals surface area (Å²) in [7, 11) is 0. The van der Waals surface area contributed by atoms with Gasteiger partial charge in [-0.2, -0.15) is 0 Å². The van der Waals surface area contributed by atoms with Gasteiger partial charge in [-0.15, -0.1) is 0 Å². The molecule has 2 heterocycles. The van der Waals surface area contributed by atoms with Gasteiger partial charge in [0.15, 0.2) is 0 Å². The third-order valence-electron chi connectivity index (χ3n) is 5.74. The zero-order valence-corrected chi connectivity index (χ0v) is 16.1. The highest BCUT2D eigenvalue weighted by Crippen LogP contribution is 2.28.